The molecule has 0 spiro atoms. The van der Waals surface area contributed by atoms with Crippen LogP contribution in [0.4, 0.5) is 22.7 Å². The predicted octanol–water partition coefficient (Wildman–Crippen LogP) is 1.70. The summed E-state index contributed by atoms with van der Waals surface area (Å²) in [5.41, 5.74) is 26.6. The van der Waals surface area contributed by atoms with Crippen LogP contribution >= 0.6 is 0 Å². The minimum atomic E-state index is 0.265. The molecule has 0 heterocycles. The number of rotatable bonds is 3. The van der Waals surface area contributed by atoms with Gasteiger partial charge in [-0.2, -0.15) is 0 Å². The molecule has 0 unspecified atom stereocenters. The van der Waals surface area contributed by atoms with Gasteiger partial charge in [0.1, 0.15) is 5.69 Å². The first-order valence-corrected chi connectivity index (χ1v) is 5.95. The Morgan fingerprint density at radius 3 is 1.75 bits per heavy atom. The zero-order valence-electron chi connectivity index (χ0n) is 11.4. The summed E-state index contributed by atoms with van der Waals surface area (Å²) in [5, 5.41) is 0. The summed E-state index contributed by atoms with van der Waals surface area (Å²) in [7, 11) is 3.02. The molecule has 0 bridgehead atoms. The van der Waals surface area contributed by atoms with Crippen LogP contribution in [0, 0.1) is 0 Å². The van der Waals surface area contributed by atoms with Crippen molar-refractivity contribution < 1.29 is 9.47 Å². The lowest BCUT2D eigenvalue weighted by atomic mass is 9.99. The number of hydrogen-bond donors (Lipinski definition) is 4. The van der Waals surface area contributed by atoms with Crippen LogP contribution in [-0.2, 0) is 0 Å². The molecule has 0 aromatic heterocycles. The molecule has 0 atom stereocenters. The van der Waals surface area contributed by atoms with Crippen molar-refractivity contribution in [1.82, 2.24) is 0 Å². The molecule has 2 rings (SSSR count). The van der Waals surface area contributed by atoms with Gasteiger partial charge in [-0.05, 0) is 17.7 Å². The molecular formula is C14H18N4O2. The molecule has 0 saturated heterocycles. The second-order valence-electron chi connectivity index (χ2n) is 4.30. The summed E-state index contributed by atoms with van der Waals surface area (Å²) < 4.78 is 10.7. The fourth-order valence-electron chi connectivity index (χ4n) is 2.09. The van der Waals surface area contributed by atoms with Crippen molar-refractivity contribution in [2.75, 3.05) is 37.2 Å². The molecule has 106 valence electrons. The molecule has 0 aliphatic rings. The van der Waals surface area contributed by atoms with E-state index in [1.165, 1.54) is 14.2 Å². The largest absolute Gasteiger partial charge is 0.492 e. The number of methoxy groups -OCH3 is 2. The van der Waals surface area contributed by atoms with Gasteiger partial charge in [0, 0.05) is 5.69 Å². The lowest BCUT2D eigenvalue weighted by Crippen LogP contribution is -2.07. The molecule has 20 heavy (non-hydrogen) atoms. The Labute approximate surface area is 117 Å². The third kappa shape index (κ3) is 2.01. The van der Waals surface area contributed by atoms with Gasteiger partial charge in [-0.3, -0.25) is 0 Å². The Hall–Kier alpha value is -2.76. The van der Waals surface area contributed by atoms with E-state index in [1.54, 1.807) is 12.1 Å². The third-order valence-electron chi connectivity index (χ3n) is 3.14. The quantitative estimate of drug-likeness (QED) is 0.632. The maximum absolute atomic E-state index is 6.08. The molecule has 2 aromatic rings. The summed E-state index contributed by atoms with van der Waals surface area (Å²) in [6, 6.07) is 7.21. The van der Waals surface area contributed by atoms with E-state index in [2.05, 4.69) is 0 Å². The van der Waals surface area contributed by atoms with Crippen molar-refractivity contribution in [2.24, 2.45) is 0 Å². The molecule has 8 N–H and O–H groups in total. The first kappa shape index (κ1) is 13.7. The zero-order chi connectivity index (χ0) is 14.9. The van der Waals surface area contributed by atoms with Crippen LogP contribution in [0.2, 0.25) is 0 Å². The van der Waals surface area contributed by atoms with Gasteiger partial charge in [0.2, 0.25) is 0 Å². The molecular weight excluding hydrogens is 256 g/mol. The van der Waals surface area contributed by atoms with Crippen LogP contribution in [0.1, 0.15) is 0 Å². The van der Waals surface area contributed by atoms with Crippen LogP contribution in [-0.4, -0.2) is 14.2 Å². The van der Waals surface area contributed by atoms with Crippen molar-refractivity contribution >= 4 is 22.7 Å². The van der Waals surface area contributed by atoms with Gasteiger partial charge in [-0.1, -0.05) is 12.1 Å². The number of nitrogen functional groups attached to an aromatic ring is 4. The Balaban J connectivity index is 2.80. The van der Waals surface area contributed by atoms with Gasteiger partial charge in [-0.25, -0.2) is 0 Å². The fraction of sp³-hybridized carbons (Fsp3) is 0.143. The molecule has 0 radical (unpaired) electrons. The Bertz CT molecular complexity index is 639. The molecule has 0 fully saturated rings. The van der Waals surface area contributed by atoms with E-state index < -0.39 is 0 Å². The van der Waals surface area contributed by atoms with Crippen molar-refractivity contribution in [3.8, 4) is 22.6 Å². The Kier molecular flexibility index (Phi) is 3.47. The SMILES string of the molecule is COc1c(N)c(N)c(N)c(-c2ccc(N)cc2)c1OC. The topological polar surface area (TPSA) is 123 Å². The smallest absolute Gasteiger partial charge is 0.186 e. The van der Waals surface area contributed by atoms with E-state index in [9.17, 15) is 0 Å². The second kappa shape index (κ2) is 5.08. The van der Waals surface area contributed by atoms with Gasteiger partial charge >= 0.3 is 0 Å². The highest BCUT2D eigenvalue weighted by atomic mass is 16.5. The number of nitrogens with two attached hydrogens (primary N) is 4. The predicted molar refractivity (Wildman–Crippen MR) is 82.6 cm³/mol. The zero-order valence-corrected chi connectivity index (χ0v) is 11.4. The van der Waals surface area contributed by atoms with Crippen molar-refractivity contribution in [3.05, 3.63) is 24.3 Å². The van der Waals surface area contributed by atoms with Crippen LogP contribution in [0.15, 0.2) is 24.3 Å². The van der Waals surface area contributed by atoms with Gasteiger partial charge in [0.05, 0.1) is 31.2 Å². The van der Waals surface area contributed by atoms with Crippen molar-refractivity contribution in [1.29, 1.82) is 0 Å². The van der Waals surface area contributed by atoms with E-state index in [0.717, 1.165) is 5.56 Å². The summed E-state index contributed by atoms with van der Waals surface area (Å²) in [4.78, 5) is 0. The Morgan fingerprint density at radius 1 is 0.700 bits per heavy atom. The van der Waals surface area contributed by atoms with Gasteiger partial charge in [0.25, 0.3) is 0 Å². The highest BCUT2D eigenvalue weighted by Gasteiger charge is 2.22. The minimum absolute atomic E-state index is 0.265. The lowest BCUT2D eigenvalue weighted by Gasteiger charge is -2.19. The monoisotopic (exact) mass is 274 g/mol. The average Bonchev–Trinajstić information content (AvgIpc) is 2.46. The minimum Gasteiger partial charge on any atom is -0.492 e. The molecule has 6 heteroatoms. The standard InChI is InChI=1S/C14H18N4O2/c1-19-13-9(7-3-5-8(15)6-4-7)10(16)11(17)12(18)14(13)20-2/h3-6H,15-18H2,1-2H3. The van der Waals surface area contributed by atoms with Crippen LogP contribution < -0.4 is 32.4 Å². The maximum Gasteiger partial charge on any atom is 0.186 e. The first-order valence-electron chi connectivity index (χ1n) is 5.95. The van der Waals surface area contributed by atoms with Crippen molar-refractivity contribution in [3.63, 3.8) is 0 Å². The second-order valence-corrected chi connectivity index (χ2v) is 4.30. The summed E-state index contributed by atoms with van der Waals surface area (Å²) in [6.07, 6.45) is 0. The fourth-order valence-corrected chi connectivity index (χ4v) is 2.09. The number of benzene rings is 2. The van der Waals surface area contributed by atoms with Gasteiger partial charge in [-0.15, -0.1) is 0 Å². The van der Waals surface area contributed by atoms with Crippen LogP contribution in [0.25, 0.3) is 11.1 Å². The first-order chi connectivity index (χ1) is 9.51. The van der Waals surface area contributed by atoms with E-state index in [0.29, 0.717) is 28.4 Å². The Morgan fingerprint density at radius 2 is 1.25 bits per heavy atom. The van der Waals surface area contributed by atoms with E-state index >= 15 is 0 Å². The van der Waals surface area contributed by atoms with E-state index in [-0.39, 0.29) is 11.4 Å². The normalized spacial score (nSPS) is 10.3. The lowest BCUT2D eigenvalue weighted by molar-refractivity contribution is 0.358. The summed E-state index contributed by atoms with van der Waals surface area (Å²) in [5.74, 6) is 0.812. The van der Waals surface area contributed by atoms with Crippen LogP contribution in [0.3, 0.4) is 0 Å². The number of anilines is 4. The summed E-state index contributed by atoms with van der Waals surface area (Å²) in [6.45, 7) is 0. The van der Waals surface area contributed by atoms with Gasteiger partial charge in [0.15, 0.2) is 11.5 Å². The van der Waals surface area contributed by atoms with E-state index in [1.807, 2.05) is 12.1 Å². The molecule has 6 nitrogen and oxygen atoms in total. The maximum atomic E-state index is 6.08. The number of ether oxygens (including phenoxy) is 2. The van der Waals surface area contributed by atoms with E-state index in [4.69, 9.17) is 32.4 Å². The molecule has 0 saturated carbocycles. The molecule has 2 aromatic carbocycles. The molecule has 0 aliphatic heterocycles. The molecule has 0 aliphatic carbocycles. The number of hydrogen-bond acceptors (Lipinski definition) is 6. The highest BCUT2D eigenvalue weighted by Crippen LogP contribution is 2.49. The van der Waals surface area contributed by atoms with Gasteiger partial charge < -0.3 is 32.4 Å². The molecule has 0 amide bonds. The summed E-state index contributed by atoms with van der Waals surface area (Å²) >= 11 is 0. The van der Waals surface area contributed by atoms with Crippen molar-refractivity contribution in [2.45, 2.75) is 0 Å². The highest BCUT2D eigenvalue weighted by molar-refractivity contribution is 5.98. The van der Waals surface area contributed by atoms with Crippen LogP contribution in [0.5, 0.6) is 11.5 Å². The average molecular weight is 274 g/mol. The third-order valence-corrected chi connectivity index (χ3v) is 3.14.